The van der Waals surface area contributed by atoms with E-state index in [0.717, 1.165) is 24.3 Å². The van der Waals surface area contributed by atoms with Crippen LogP contribution in [0.1, 0.15) is 11.6 Å². The zero-order valence-corrected chi connectivity index (χ0v) is 17.1. The molecule has 0 radical (unpaired) electrons. The predicted molar refractivity (Wildman–Crippen MR) is 101 cm³/mol. The second kappa shape index (κ2) is 8.87. The van der Waals surface area contributed by atoms with Crippen LogP contribution in [-0.2, 0) is 10.0 Å². The Morgan fingerprint density at radius 2 is 1.68 bits per heavy atom. The van der Waals surface area contributed by atoms with E-state index in [1.165, 1.54) is 0 Å². The van der Waals surface area contributed by atoms with Gasteiger partial charge in [-0.2, -0.15) is 0 Å². The molecule has 2 aromatic carbocycles. The summed E-state index contributed by atoms with van der Waals surface area (Å²) < 4.78 is 68.4. The largest absolute Gasteiger partial charge is 0.573 e. The van der Waals surface area contributed by atoms with Gasteiger partial charge in [0.15, 0.2) is 0 Å². The van der Waals surface area contributed by atoms with Crippen molar-refractivity contribution in [3.8, 4) is 5.75 Å². The number of sulfonamides is 1. The van der Waals surface area contributed by atoms with Gasteiger partial charge in [-0.25, -0.2) is 13.1 Å². The molecule has 1 atom stereocenters. The van der Waals surface area contributed by atoms with Crippen LogP contribution in [0.25, 0.3) is 0 Å². The Morgan fingerprint density at radius 3 is 2.18 bits per heavy atom. The highest BCUT2D eigenvalue weighted by Crippen LogP contribution is 2.28. The summed E-state index contributed by atoms with van der Waals surface area (Å²) in [4.78, 5) is 1.57. The molecule has 28 heavy (non-hydrogen) atoms. The van der Waals surface area contributed by atoms with E-state index in [2.05, 4.69) is 9.46 Å². The molecular formula is C17H17Cl2F3N2O3S. The number of nitrogens with one attached hydrogen (secondary N) is 1. The maximum atomic E-state index is 12.7. The fourth-order valence-electron chi connectivity index (χ4n) is 2.38. The molecule has 154 valence electrons. The third-order valence-corrected chi connectivity index (χ3v) is 5.79. The molecule has 0 aliphatic heterocycles. The standard InChI is InChI=1S/C17H17Cl2F3N2O3S/c1-24(2)10-16(11-3-8-14(18)15(19)9-11)23-28(25,26)13-6-4-12(5-7-13)27-17(20,21)22/h3-9,16,23H,10H2,1-2H3/t16-/m1/s1. The first kappa shape index (κ1) is 22.8. The molecule has 2 aromatic rings. The highest BCUT2D eigenvalue weighted by molar-refractivity contribution is 7.89. The number of benzene rings is 2. The molecule has 0 aliphatic rings. The number of hydrogen-bond acceptors (Lipinski definition) is 4. The highest BCUT2D eigenvalue weighted by Gasteiger charge is 2.31. The van der Waals surface area contributed by atoms with Gasteiger partial charge in [-0.1, -0.05) is 29.3 Å². The van der Waals surface area contributed by atoms with Gasteiger partial charge in [0.05, 0.1) is 21.0 Å². The van der Waals surface area contributed by atoms with Crippen molar-refractivity contribution >= 4 is 33.2 Å². The van der Waals surface area contributed by atoms with E-state index in [1.807, 2.05) is 0 Å². The van der Waals surface area contributed by atoms with Gasteiger partial charge < -0.3 is 9.64 Å². The Hall–Kier alpha value is -1.52. The third-order valence-electron chi connectivity index (χ3n) is 3.56. The topological polar surface area (TPSA) is 58.6 Å². The van der Waals surface area contributed by atoms with E-state index in [-0.39, 0.29) is 9.92 Å². The van der Waals surface area contributed by atoms with Gasteiger partial charge in [-0.15, -0.1) is 13.2 Å². The summed E-state index contributed by atoms with van der Waals surface area (Å²) in [6, 6.07) is 8.02. The average Bonchev–Trinajstić information content (AvgIpc) is 2.55. The molecule has 5 nitrogen and oxygen atoms in total. The quantitative estimate of drug-likeness (QED) is 0.667. The van der Waals surface area contributed by atoms with Crippen molar-refractivity contribution < 1.29 is 26.3 Å². The smallest absolute Gasteiger partial charge is 0.406 e. The summed E-state index contributed by atoms with van der Waals surface area (Å²) in [5.41, 5.74) is 0.587. The second-order valence-corrected chi connectivity index (χ2v) is 8.66. The van der Waals surface area contributed by atoms with E-state index < -0.39 is 28.2 Å². The Balaban J connectivity index is 2.28. The molecule has 1 N–H and O–H groups in total. The number of hydrogen-bond donors (Lipinski definition) is 1. The normalized spacial score (nSPS) is 13.6. The molecule has 0 bridgehead atoms. The van der Waals surface area contributed by atoms with Crippen molar-refractivity contribution in [1.29, 1.82) is 0 Å². The van der Waals surface area contributed by atoms with Gasteiger partial charge in [0.2, 0.25) is 10.0 Å². The molecule has 0 saturated heterocycles. The lowest BCUT2D eigenvalue weighted by atomic mass is 10.1. The first-order valence-electron chi connectivity index (χ1n) is 7.85. The summed E-state index contributed by atoms with van der Waals surface area (Å²) in [6.07, 6.45) is -4.86. The first-order valence-corrected chi connectivity index (χ1v) is 10.1. The van der Waals surface area contributed by atoms with Crippen LogP contribution < -0.4 is 9.46 Å². The molecule has 2 rings (SSSR count). The van der Waals surface area contributed by atoms with Gasteiger partial charge in [-0.3, -0.25) is 0 Å². The lowest BCUT2D eigenvalue weighted by Gasteiger charge is -2.23. The van der Waals surface area contributed by atoms with Crippen LogP contribution in [-0.4, -0.2) is 40.3 Å². The maximum Gasteiger partial charge on any atom is 0.573 e. The van der Waals surface area contributed by atoms with Crippen molar-refractivity contribution in [2.45, 2.75) is 17.3 Å². The van der Waals surface area contributed by atoms with Crippen molar-refractivity contribution in [1.82, 2.24) is 9.62 Å². The molecule has 0 heterocycles. The SMILES string of the molecule is CN(C)C[C@@H](NS(=O)(=O)c1ccc(OC(F)(F)F)cc1)c1ccc(Cl)c(Cl)c1. The van der Waals surface area contributed by atoms with E-state index >= 15 is 0 Å². The highest BCUT2D eigenvalue weighted by atomic mass is 35.5. The van der Waals surface area contributed by atoms with Crippen LogP contribution in [0, 0.1) is 0 Å². The van der Waals surface area contributed by atoms with E-state index in [4.69, 9.17) is 23.2 Å². The van der Waals surface area contributed by atoms with Gasteiger partial charge in [0.1, 0.15) is 5.75 Å². The minimum Gasteiger partial charge on any atom is -0.406 e. The minimum absolute atomic E-state index is 0.203. The molecule has 0 amide bonds. The van der Waals surface area contributed by atoms with Crippen LogP contribution in [0.2, 0.25) is 10.0 Å². The summed E-state index contributed by atoms with van der Waals surface area (Å²) in [5.74, 6) is -0.513. The molecular weight excluding hydrogens is 440 g/mol. The van der Waals surface area contributed by atoms with Crippen LogP contribution in [0.4, 0.5) is 13.2 Å². The monoisotopic (exact) mass is 456 g/mol. The lowest BCUT2D eigenvalue weighted by molar-refractivity contribution is -0.274. The number of halogens is 5. The summed E-state index contributed by atoms with van der Waals surface area (Å²) in [5, 5.41) is 0.605. The number of ether oxygens (including phenoxy) is 1. The van der Waals surface area contributed by atoms with Crippen molar-refractivity contribution in [2.75, 3.05) is 20.6 Å². The number of alkyl halides is 3. The van der Waals surface area contributed by atoms with Crippen LogP contribution in [0.5, 0.6) is 5.75 Å². The second-order valence-electron chi connectivity index (χ2n) is 6.13. The van der Waals surface area contributed by atoms with Crippen molar-refractivity contribution in [3.05, 3.63) is 58.1 Å². The zero-order valence-electron chi connectivity index (χ0n) is 14.8. The third kappa shape index (κ3) is 6.52. The first-order chi connectivity index (χ1) is 12.9. The Bertz CT molecular complexity index is 920. The van der Waals surface area contributed by atoms with E-state index in [9.17, 15) is 21.6 Å². The van der Waals surface area contributed by atoms with Crippen LogP contribution in [0.15, 0.2) is 47.4 Å². The minimum atomic E-state index is -4.86. The molecule has 11 heteroatoms. The van der Waals surface area contributed by atoms with Crippen molar-refractivity contribution in [3.63, 3.8) is 0 Å². The summed E-state index contributed by atoms with van der Waals surface area (Å²) in [6.45, 7) is 0.312. The average molecular weight is 457 g/mol. The summed E-state index contributed by atoms with van der Waals surface area (Å²) in [7, 11) is -0.494. The maximum absolute atomic E-state index is 12.7. The fraction of sp³-hybridized carbons (Fsp3) is 0.294. The Kier molecular flexibility index (Phi) is 7.22. The number of nitrogens with zero attached hydrogens (tertiary/aromatic N) is 1. The van der Waals surface area contributed by atoms with E-state index in [1.54, 1.807) is 37.2 Å². The number of likely N-dealkylation sites (N-methyl/N-ethyl adjacent to an activating group) is 1. The van der Waals surface area contributed by atoms with Crippen LogP contribution in [0.3, 0.4) is 0 Å². The van der Waals surface area contributed by atoms with Gasteiger partial charge in [0, 0.05) is 6.54 Å². The lowest BCUT2D eigenvalue weighted by Crippen LogP contribution is -2.35. The molecule has 0 aliphatic carbocycles. The van der Waals surface area contributed by atoms with Gasteiger partial charge >= 0.3 is 6.36 Å². The Labute approximate surface area is 171 Å². The van der Waals surface area contributed by atoms with E-state index in [0.29, 0.717) is 17.1 Å². The van der Waals surface area contributed by atoms with Gasteiger partial charge in [-0.05, 0) is 56.1 Å². The van der Waals surface area contributed by atoms with Crippen LogP contribution >= 0.6 is 23.2 Å². The molecule has 0 aromatic heterocycles. The molecule has 0 fully saturated rings. The van der Waals surface area contributed by atoms with Gasteiger partial charge in [0.25, 0.3) is 0 Å². The summed E-state index contributed by atoms with van der Waals surface area (Å²) >= 11 is 11.9. The Morgan fingerprint density at radius 1 is 1.07 bits per heavy atom. The molecule has 0 spiro atoms. The fourth-order valence-corrected chi connectivity index (χ4v) is 3.90. The molecule has 0 saturated carbocycles. The number of rotatable bonds is 7. The predicted octanol–water partition coefficient (Wildman–Crippen LogP) is 4.47. The molecule has 0 unspecified atom stereocenters. The zero-order chi connectivity index (χ0) is 21.1. The van der Waals surface area contributed by atoms with Crippen molar-refractivity contribution in [2.24, 2.45) is 0 Å².